The molecule has 1 aliphatic carbocycles. The van der Waals surface area contributed by atoms with E-state index in [4.69, 9.17) is 9.47 Å². The number of carbonyl (C=O) groups excluding carboxylic acids is 1. The van der Waals surface area contributed by atoms with E-state index in [2.05, 4.69) is 0 Å². The number of ether oxygens (including phenoxy) is 2. The topological polar surface area (TPSA) is 55.8 Å². The molecule has 1 fully saturated rings. The predicted octanol–water partition coefficient (Wildman–Crippen LogP) is 1.50. The summed E-state index contributed by atoms with van der Waals surface area (Å²) in [5.41, 5.74) is 0. The lowest BCUT2D eigenvalue weighted by atomic mass is 9.87. The van der Waals surface area contributed by atoms with Crippen LogP contribution in [0.4, 0.5) is 0 Å². The van der Waals surface area contributed by atoms with E-state index in [9.17, 15) is 9.90 Å². The first-order valence-corrected chi connectivity index (χ1v) is 5.96. The van der Waals surface area contributed by atoms with Gasteiger partial charge in [0.2, 0.25) is 0 Å². The molecular weight excluding hydrogens is 208 g/mol. The summed E-state index contributed by atoms with van der Waals surface area (Å²) in [7, 11) is 1.43. The number of methoxy groups -OCH3 is 1. The first-order valence-electron chi connectivity index (χ1n) is 5.96. The van der Waals surface area contributed by atoms with Gasteiger partial charge in [0.1, 0.15) is 0 Å². The number of rotatable bonds is 4. The average Bonchev–Trinajstić information content (AvgIpc) is 2.28. The van der Waals surface area contributed by atoms with Crippen LogP contribution in [0.1, 0.15) is 39.5 Å². The second-order valence-corrected chi connectivity index (χ2v) is 4.58. The Morgan fingerprint density at radius 2 is 1.81 bits per heavy atom. The summed E-state index contributed by atoms with van der Waals surface area (Å²) in [6.07, 6.45) is 2.98. The van der Waals surface area contributed by atoms with Crippen LogP contribution in [0.5, 0.6) is 0 Å². The van der Waals surface area contributed by atoms with Crippen LogP contribution in [0, 0.1) is 5.92 Å². The lowest BCUT2D eigenvalue weighted by Gasteiger charge is -2.30. The van der Waals surface area contributed by atoms with Gasteiger partial charge in [0, 0.05) is 0 Å². The second kappa shape index (κ2) is 6.21. The van der Waals surface area contributed by atoms with Crippen molar-refractivity contribution in [3.05, 3.63) is 0 Å². The van der Waals surface area contributed by atoms with Gasteiger partial charge in [-0.2, -0.15) is 0 Å². The normalized spacial score (nSPS) is 29.5. The smallest absolute Gasteiger partial charge is 0.308 e. The Morgan fingerprint density at radius 3 is 2.25 bits per heavy atom. The zero-order chi connectivity index (χ0) is 12.1. The van der Waals surface area contributed by atoms with Crippen LogP contribution < -0.4 is 0 Å². The van der Waals surface area contributed by atoms with Crippen molar-refractivity contribution < 1.29 is 19.4 Å². The van der Waals surface area contributed by atoms with Crippen molar-refractivity contribution in [2.45, 2.75) is 57.8 Å². The Hall–Kier alpha value is -0.610. The molecule has 0 heterocycles. The molecule has 4 nitrogen and oxygen atoms in total. The van der Waals surface area contributed by atoms with Gasteiger partial charge in [-0.05, 0) is 39.5 Å². The van der Waals surface area contributed by atoms with Crippen molar-refractivity contribution in [1.29, 1.82) is 0 Å². The fourth-order valence-electron chi connectivity index (χ4n) is 2.02. The van der Waals surface area contributed by atoms with Gasteiger partial charge in [-0.3, -0.25) is 4.79 Å². The van der Waals surface area contributed by atoms with Gasteiger partial charge in [-0.15, -0.1) is 0 Å². The Morgan fingerprint density at radius 1 is 1.25 bits per heavy atom. The molecule has 94 valence electrons. The third-order valence-corrected chi connectivity index (χ3v) is 3.30. The molecule has 0 bridgehead atoms. The number of aliphatic hydroxyl groups excluding tert-OH is 1. The summed E-state index contributed by atoms with van der Waals surface area (Å²) in [5, 5.41) is 9.33. The quantitative estimate of drug-likeness (QED) is 0.744. The number of esters is 1. The molecule has 0 aromatic rings. The van der Waals surface area contributed by atoms with Gasteiger partial charge in [-0.25, -0.2) is 0 Å². The maximum Gasteiger partial charge on any atom is 0.308 e. The maximum absolute atomic E-state index is 11.3. The molecule has 4 heteroatoms. The van der Waals surface area contributed by atoms with E-state index in [1.54, 1.807) is 6.92 Å². The third-order valence-electron chi connectivity index (χ3n) is 3.30. The Labute approximate surface area is 96.9 Å². The molecule has 1 aliphatic rings. The predicted molar refractivity (Wildman–Crippen MR) is 60.0 cm³/mol. The molecule has 0 radical (unpaired) electrons. The monoisotopic (exact) mass is 230 g/mol. The van der Waals surface area contributed by atoms with Crippen LogP contribution in [-0.4, -0.2) is 36.5 Å². The van der Waals surface area contributed by atoms with E-state index in [0.29, 0.717) is 0 Å². The summed E-state index contributed by atoms with van der Waals surface area (Å²) in [5.74, 6) is -0.0752. The van der Waals surface area contributed by atoms with Crippen molar-refractivity contribution in [2.24, 2.45) is 5.92 Å². The fraction of sp³-hybridized carbons (Fsp3) is 0.917. The Kier molecular flexibility index (Phi) is 5.22. The van der Waals surface area contributed by atoms with Gasteiger partial charge in [0.25, 0.3) is 0 Å². The Bertz CT molecular complexity index is 219. The van der Waals surface area contributed by atoms with Crippen LogP contribution in [-0.2, 0) is 14.3 Å². The molecule has 1 saturated carbocycles. The van der Waals surface area contributed by atoms with Crippen LogP contribution >= 0.6 is 0 Å². The molecular formula is C12H22O4. The van der Waals surface area contributed by atoms with E-state index in [-0.39, 0.29) is 24.1 Å². The lowest BCUT2D eigenvalue weighted by molar-refractivity contribution is -0.148. The first kappa shape index (κ1) is 13.5. The minimum absolute atomic E-state index is 0.0340. The summed E-state index contributed by atoms with van der Waals surface area (Å²) in [6.45, 7) is 3.60. The highest BCUT2D eigenvalue weighted by Gasteiger charge is 2.28. The standard InChI is InChI=1S/C12H22O4/c1-8(13)9(2)16-11-6-4-10(5-7-11)12(14)15-3/h8-11,13H,4-7H2,1-3H3. The number of carbonyl (C=O) groups is 1. The zero-order valence-corrected chi connectivity index (χ0v) is 10.3. The minimum atomic E-state index is -0.446. The van der Waals surface area contributed by atoms with Gasteiger partial charge in [-0.1, -0.05) is 0 Å². The van der Waals surface area contributed by atoms with Crippen LogP contribution in [0.3, 0.4) is 0 Å². The zero-order valence-electron chi connectivity index (χ0n) is 10.3. The highest BCUT2D eigenvalue weighted by Crippen LogP contribution is 2.28. The van der Waals surface area contributed by atoms with Crippen molar-refractivity contribution >= 4 is 5.97 Å². The molecule has 1 N–H and O–H groups in total. The molecule has 0 saturated heterocycles. The maximum atomic E-state index is 11.3. The highest BCUT2D eigenvalue weighted by atomic mass is 16.5. The molecule has 0 amide bonds. The van der Waals surface area contributed by atoms with Crippen LogP contribution in [0.2, 0.25) is 0 Å². The van der Waals surface area contributed by atoms with Crippen molar-refractivity contribution in [2.75, 3.05) is 7.11 Å². The summed E-state index contributed by atoms with van der Waals surface area (Å²) < 4.78 is 10.4. The summed E-state index contributed by atoms with van der Waals surface area (Å²) in [6, 6.07) is 0. The van der Waals surface area contributed by atoms with Crippen molar-refractivity contribution in [1.82, 2.24) is 0 Å². The molecule has 16 heavy (non-hydrogen) atoms. The average molecular weight is 230 g/mol. The number of hydrogen-bond acceptors (Lipinski definition) is 4. The number of hydrogen-bond donors (Lipinski definition) is 1. The van der Waals surface area contributed by atoms with Gasteiger partial charge in [0.05, 0.1) is 31.3 Å². The van der Waals surface area contributed by atoms with Crippen LogP contribution in [0.15, 0.2) is 0 Å². The second-order valence-electron chi connectivity index (χ2n) is 4.58. The molecule has 0 aromatic heterocycles. The van der Waals surface area contributed by atoms with Crippen molar-refractivity contribution in [3.63, 3.8) is 0 Å². The molecule has 2 atom stereocenters. The molecule has 0 aromatic carbocycles. The molecule has 0 spiro atoms. The number of aliphatic hydroxyl groups is 1. The van der Waals surface area contributed by atoms with E-state index >= 15 is 0 Å². The SMILES string of the molecule is COC(=O)C1CCC(OC(C)C(C)O)CC1. The van der Waals surface area contributed by atoms with E-state index in [1.165, 1.54) is 7.11 Å². The molecule has 2 unspecified atom stereocenters. The largest absolute Gasteiger partial charge is 0.469 e. The Balaban J connectivity index is 2.29. The van der Waals surface area contributed by atoms with Gasteiger partial charge < -0.3 is 14.6 Å². The minimum Gasteiger partial charge on any atom is -0.469 e. The third kappa shape index (κ3) is 3.76. The highest BCUT2D eigenvalue weighted by molar-refractivity contribution is 5.72. The van der Waals surface area contributed by atoms with Gasteiger partial charge in [0.15, 0.2) is 0 Å². The molecule has 0 aliphatic heterocycles. The van der Waals surface area contributed by atoms with Gasteiger partial charge >= 0.3 is 5.97 Å². The van der Waals surface area contributed by atoms with E-state index in [1.807, 2.05) is 6.92 Å². The van der Waals surface area contributed by atoms with Crippen LogP contribution in [0.25, 0.3) is 0 Å². The molecule has 1 rings (SSSR count). The summed E-state index contributed by atoms with van der Waals surface area (Å²) >= 11 is 0. The first-order chi connectivity index (χ1) is 7.54. The fourth-order valence-corrected chi connectivity index (χ4v) is 2.02. The summed E-state index contributed by atoms with van der Waals surface area (Å²) in [4.78, 5) is 11.3. The lowest BCUT2D eigenvalue weighted by Crippen LogP contribution is -2.32. The van der Waals surface area contributed by atoms with E-state index in [0.717, 1.165) is 25.7 Å². The van der Waals surface area contributed by atoms with Crippen molar-refractivity contribution in [3.8, 4) is 0 Å². The van der Waals surface area contributed by atoms with E-state index < -0.39 is 6.10 Å².